The molecule has 1 amide bonds. The maximum absolute atomic E-state index is 12.2. The van der Waals surface area contributed by atoms with Crippen LogP contribution in [0.15, 0.2) is 27.6 Å². The van der Waals surface area contributed by atoms with Gasteiger partial charge < -0.3 is 10.0 Å². The quantitative estimate of drug-likeness (QED) is 0.878. The highest BCUT2D eigenvalue weighted by molar-refractivity contribution is 9.10. The minimum Gasteiger partial charge on any atom is -0.478 e. The standard InChI is InChI=1S/C14H16BrNO4S/c15-12-5-4-10(8-11(12)14(18)19)21(20)9-13(17)16-6-2-1-3-7-16/h4-5,8H,1-3,6-7,9H2,(H,18,19). The number of nitrogens with zero attached hydrogens (tertiary/aromatic N) is 1. The van der Waals surface area contributed by atoms with Gasteiger partial charge in [-0.25, -0.2) is 4.79 Å². The number of amides is 1. The lowest BCUT2D eigenvalue weighted by Gasteiger charge is -2.26. The highest BCUT2D eigenvalue weighted by Crippen LogP contribution is 2.21. The van der Waals surface area contributed by atoms with Gasteiger partial charge in [-0.3, -0.25) is 9.00 Å². The largest absolute Gasteiger partial charge is 0.478 e. The molecule has 2 rings (SSSR count). The molecule has 0 aliphatic carbocycles. The topological polar surface area (TPSA) is 74.7 Å². The van der Waals surface area contributed by atoms with E-state index >= 15 is 0 Å². The summed E-state index contributed by atoms with van der Waals surface area (Å²) in [7, 11) is -1.53. The van der Waals surface area contributed by atoms with E-state index in [1.807, 2.05) is 0 Å². The number of carboxylic acid groups (broad SMARTS) is 1. The van der Waals surface area contributed by atoms with Crippen LogP contribution in [0.2, 0.25) is 0 Å². The average Bonchev–Trinajstić information content (AvgIpc) is 2.48. The van der Waals surface area contributed by atoms with Gasteiger partial charge in [-0.15, -0.1) is 0 Å². The van der Waals surface area contributed by atoms with Crippen molar-refractivity contribution in [1.29, 1.82) is 0 Å². The maximum atomic E-state index is 12.2. The summed E-state index contributed by atoms with van der Waals surface area (Å²) in [5.74, 6) is -1.32. The van der Waals surface area contributed by atoms with Gasteiger partial charge in [0.15, 0.2) is 0 Å². The Morgan fingerprint density at radius 3 is 2.52 bits per heavy atom. The first kappa shape index (κ1) is 16.2. The molecule has 1 heterocycles. The summed E-state index contributed by atoms with van der Waals surface area (Å²) in [4.78, 5) is 25.2. The zero-order valence-electron chi connectivity index (χ0n) is 11.4. The van der Waals surface area contributed by atoms with E-state index in [0.29, 0.717) is 9.37 Å². The van der Waals surface area contributed by atoms with Gasteiger partial charge in [-0.1, -0.05) is 0 Å². The van der Waals surface area contributed by atoms with Crippen LogP contribution in [0.4, 0.5) is 0 Å². The van der Waals surface area contributed by atoms with Gasteiger partial charge in [0, 0.05) is 22.5 Å². The van der Waals surface area contributed by atoms with Crippen molar-refractivity contribution in [3.63, 3.8) is 0 Å². The van der Waals surface area contributed by atoms with Crippen molar-refractivity contribution in [2.75, 3.05) is 18.8 Å². The van der Waals surface area contributed by atoms with Crippen LogP contribution in [0.25, 0.3) is 0 Å². The molecule has 1 atom stereocenters. The molecule has 21 heavy (non-hydrogen) atoms. The second-order valence-electron chi connectivity index (χ2n) is 4.88. The Morgan fingerprint density at radius 2 is 1.90 bits per heavy atom. The molecule has 0 aromatic heterocycles. The predicted octanol–water partition coefficient (Wildman–Crippen LogP) is 2.27. The third-order valence-electron chi connectivity index (χ3n) is 3.39. The molecular weight excluding hydrogens is 358 g/mol. The second-order valence-corrected chi connectivity index (χ2v) is 7.18. The third-order valence-corrected chi connectivity index (χ3v) is 5.37. The monoisotopic (exact) mass is 373 g/mol. The van der Waals surface area contributed by atoms with Gasteiger partial charge >= 0.3 is 5.97 Å². The van der Waals surface area contributed by atoms with Crippen LogP contribution in [-0.2, 0) is 15.6 Å². The van der Waals surface area contributed by atoms with E-state index in [2.05, 4.69) is 15.9 Å². The van der Waals surface area contributed by atoms with Gasteiger partial charge in [-0.05, 0) is 53.4 Å². The van der Waals surface area contributed by atoms with Gasteiger partial charge in [-0.2, -0.15) is 0 Å². The lowest BCUT2D eigenvalue weighted by Crippen LogP contribution is -2.38. The number of aromatic carboxylic acids is 1. The first-order valence-electron chi connectivity index (χ1n) is 6.68. The van der Waals surface area contributed by atoms with Crippen LogP contribution in [0, 0.1) is 0 Å². The molecule has 1 aliphatic rings. The van der Waals surface area contributed by atoms with Crippen molar-refractivity contribution in [2.24, 2.45) is 0 Å². The Balaban J connectivity index is 2.07. The van der Waals surface area contributed by atoms with Gasteiger partial charge in [0.1, 0.15) is 5.75 Å². The smallest absolute Gasteiger partial charge is 0.336 e. The maximum Gasteiger partial charge on any atom is 0.336 e. The molecule has 1 aliphatic heterocycles. The molecule has 1 aromatic carbocycles. The Morgan fingerprint density at radius 1 is 1.24 bits per heavy atom. The van der Waals surface area contributed by atoms with E-state index in [0.717, 1.165) is 32.4 Å². The highest BCUT2D eigenvalue weighted by atomic mass is 79.9. The third kappa shape index (κ3) is 4.14. The Hall–Kier alpha value is -1.21. The van der Waals surface area contributed by atoms with Gasteiger partial charge in [0.25, 0.3) is 0 Å². The van der Waals surface area contributed by atoms with Crippen LogP contribution in [0.3, 0.4) is 0 Å². The summed E-state index contributed by atoms with van der Waals surface area (Å²) in [6.07, 6.45) is 3.10. The minimum atomic E-state index is -1.53. The Labute approximate surface area is 133 Å². The zero-order valence-corrected chi connectivity index (χ0v) is 13.8. The number of carbonyl (C=O) groups excluding carboxylic acids is 1. The molecular formula is C14H16BrNO4S. The fraction of sp³-hybridized carbons (Fsp3) is 0.429. The van der Waals surface area contributed by atoms with Crippen LogP contribution < -0.4 is 0 Å². The number of halogens is 1. The van der Waals surface area contributed by atoms with Crippen molar-refractivity contribution < 1.29 is 18.9 Å². The Kier molecular flexibility index (Phi) is 5.52. The molecule has 0 saturated carbocycles. The molecule has 7 heteroatoms. The molecule has 1 N–H and O–H groups in total. The van der Waals surface area contributed by atoms with Crippen molar-refractivity contribution in [3.05, 3.63) is 28.2 Å². The van der Waals surface area contributed by atoms with E-state index in [4.69, 9.17) is 5.11 Å². The van der Waals surface area contributed by atoms with Crippen LogP contribution in [0.5, 0.6) is 0 Å². The van der Waals surface area contributed by atoms with Crippen molar-refractivity contribution in [1.82, 2.24) is 4.90 Å². The van der Waals surface area contributed by atoms with Crippen LogP contribution in [0.1, 0.15) is 29.6 Å². The molecule has 0 spiro atoms. The molecule has 5 nitrogen and oxygen atoms in total. The highest BCUT2D eigenvalue weighted by Gasteiger charge is 2.20. The number of piperidine rings is 1. The van der Waals surface area contributed by atoms with Crippen molar-refractivity contribution in [3.8, 4) is 0 Å². The van der Waals surface area contributed by atoms with Gasteiger partial charge in [0.2, 0.25) is 5.91 Å². The molecule has 1 aromatic rings. The lowest BCUT2D eigenvalue weighted by molar-refractivity contribution is -0.129. The molecule has 1 unspecified atom stereocenters. The predicted molar refractivity (Wildman–Crippen MR) is 82.8 cm³/mol. The molecule has 0 radical (unpaired) electrons. The average molecular weight is 374 g/mol. The van der Waals surface area contributed by atoms with E-state index in [-0.39, 0.29) is 17.2 Å². The Bertz CT molecular complexity index is 584. The van der Waals surface area contributed by atoms with Gasteiger partial charge in [0.05, 0.1) is 16.4 Å². The van der Waals surface area contributed by atoms with Crippen LogP contribution in [-0.4, -0.2) is 44.9 Å². The van der Waals surface area contributed by atoms with E-state index < -0.39 is 16.8 Å². The van der Waals surface area contributed by atoms with E-state index in [1.165, 1.54) is 6.07 Å². The first-order valence-corrected chi connectivity index (χ1v) is 8.79. The number of carboxylic acids is 1. The van der Waals surface area contributed by atoms with E-state index in [9.17, 15) is 13.8 Å². The first-order chi connectivity index (χ1) is 9.99. The number of hydrogen-bond donors (Lipinski definition) is 1. The lowest BCUT2D eigenvalue weighted by atomic mass is 10.1. The summed E-state index contributed by atoms with van der Waals surface area (Å²) in [5.41, 5.74) is 0.0475. The van der Waals surface area contributed by atoms with Crippen molar-refractivity contribution in [2.45, 2.75) is 24.2 Å². The summed E-state index contributed by atoms with van der Waals surface area (Å²) < 4.78 is 12.7. The fourth-order valence-corrected chi connectivity index (χ4v) is 3.70. The SMILES string of the molecule is O=C(O)c1cc(S(=O)CC(=O)N2CCCCC2)ccc1Br. The molecule has 1 fully saturated rings. The second kappa shape index (κ2) is 7.17. The molecule has 0 bridgehead atoms. The number of benzene rings is 1. The summed E-state index contributed by atoms with van der Waals surface area (Å²) >= 11 is 3.14. The number of carbonyl (C=O) groups is 2. The van der Waals surface area contributed by atoms with Crippen LogP contribution >= 0.6 is 15.9 Å². The normalized spacial score (nSPS) is 16.5. The fourth-order valence-electron chi connectivity index (χ4n) is 2.24. The van der Waals surface area contributed by atoms with E-state index in [1.54, 1.807) is 17.0 Å². The zero-order chi connectivity index (χ0) is 15.4. The number of likely N-dealkylation sites (tertiary alicyclic amines) is 1. The summed E-state index contributed by atoms with van der Waals surface area (Å²) in [6.45, 7) is 1.44. The summed E-state index contributed by atoms with van der Waals surface area (Å²) in [5, 5.41) is 9.05. The number of hydrogen-bond acceptors (Lipinski definition) is 3. The summed E-state index contributed by atoms with van der Waals surface area (Å²) in [6, 6.07) is 4.48. The number of rotatable bonds is 4. The van der Waals surface area contributed by atoms with Crippen molar-refractivity contribution >= 4 is 38.6 Å². The minimum absolute atomic E-state index is 0.0475. The molecule has 114 valence electrons. The molecule has 1 saturated heterocycles.